The van der Waals surface area contributed by atoms with E-state index in [1.165, 1.54) is 0 Å². The molecule has 0 bridgehead atoms. The van der Waals surface area contributed by atoms with Gasteiger partial charge in [0.05, 0.1) is 17.6 Å². The van der Waals surface area contributed by atoms with Crippen LogP contribution in [0.3, 0.4) is 0 Å². The summed E-state index contributed by atoms with van der Waals surface area (Å²) in [6, 6.07) is 6.78. The first kappa shape index (κ1) is 16.9. The van der Waals surface area contributed by atoms with Crippen molar-refractivity contribution in [1.29, 1.82) is 0 Å². The Morgan fingerprint density at radius 3 is 2.05 bits per heavy atom. The van der Waals surface area contributed by atoms with E-state index in [1.807, 2.05) is 13.8 Å². The Morgan fingerprint density at radius 1 is 1.15 bits per heavy atom. The molecular weight excluding hydrogens is 262 g/mol. The Hall–Kier alpha value is -1.16. The van der Waals surface area contributed by atoms with Crippen LogP contribution in [-0.4, -0.2) is 17.6 Å². The molecule has 0 aliphatic rings. The number of alkyl halides is 2. The Labute approximate surface area is 119 Å². The maximum Gasteiger partial charge on any atom is 0.244 e. The van der Waals surface area contributed by atoms with Crippen LogP contribution in [-0.2, 0) is 5.60 Å². The average Bonchev–Trinajstić information content (AvgIpc) is 2.38. The summed E-state index contributed by atoms with van der Waals surface area (Å²) in [5, 5.41) is 10.7. The van der Waals surface area contributed by atoms with E-state index in [4.69, 9.17) is 4.74 Å². The van der Waals surface area contributed by atoms with Gasteiger partial charge in [-0.05, 0) is 44.4 Å². The third kappa shape index (κ3) is 3.69. The topological polar surface area (TPSA) is 29.5 Å². The lowest BCUT2D eigenvalue weighted by molar-refractivity contribution is -0.0944. The van der Waals surface area contributed by atoms with Crippen molar-refractivity contribution in [3.05, 3.63) is 29.8 Å². The van der Waals surface area contributed by atoms with Crippen molar-refractivity contribution in [3.63, 3.8) is 0 Å². The van der Waals surface area contributed by atoms with Crippen LogP contribution >= 0.6 is 0 Å². The molecule has 2 unspecified atom stereocenters. The third-order valence-corrected chi connectivity index (χ3v) is 3.62. The number of hydrogen-bond donors (Lipinski definition) is 1. The zero-order chi connectivity index (χ0) is 15.3. The molecule has 0 saturated heterocycles. The minimum Gasteiger partial charge on any atom is -0.491 e. The van der Waals surface area contributed by atoms with Crippen molar-refractivity contribution in [2.45, 2.75) is 58.7 Å². The molecule has 2 atom stereocenters. The van der Waals surface area contributed by atoms with Crippen molar-refractivity contribution in [1.82, 2.24) is 0 Å². The SMILES string of the molecule is CCC(C(F)F)C(O)(CC)c1ccc(OC(C)C)cc1. The molecule has 0 amide bonds. The highest BCUT2D eigenvalue weighted by Crippen LogP contribution is 2.39. The standard InChI is InChI=1S/C16H24F2O2/c1-5-14(15(17)18)16(19,6-2)12-7-9-13(10-8-12)20-11(3)4/h7-11,14-15,19H,5-6H2,1-4H3. The molecule has 1 N–H and O–H groups in total. The third-order valence-electron chi connectivity index (χ3n) is 3.62. The molecule has 0 aliphatic carbocycles. The highest BCUT2D eigenvalue weighted by Gasteiger charge is 2.41. The number of hydrogen-bond acceptors (Lipinski definition) is 2. The van der Waals surface area contributed by atoms with Gasteiger partial charge in [-0.1, -0.05) is 26.0 Å². The Bertz CT molecular complexity index is 403. The number of aliphatic hydroxyl groups is 1. The first-order valence-electron chi connectivity index (χ1n) is 7.12. The lowest BCUT2D eigenvalue weighted by Crippen LogP contribution is -2.38. The summed E-state index contributed by atoms with van der Waals surface area (Å²) in [6.07, 6.45) is -2.01. The monoisotopic (exact) mass is 286 g/mol. The van der Waals surface area contributed by atoms with Crippen molar-refractivity contribution in [2.24, 2.45) is 5.92 Å². The molecule has 0 heterocycles. The van der Waals surface area contributed by atoms with Crippen LogP contribution in [0.2, 0.25) is 0 Å². The van der Waals surface area contributed by atoms with E-state index in [9.17, 15) is 13.9 Å². The zero-order valence-corrected chi connectivity index (χ0v) is 12.6. The normalized spacial score (nSPS) is 16.2. The molecule has 0 aromatic heterocycles. The molecule has 0 saturated carbocycles. The summed E-state index contributed by atoms with van der Waals surface area (Å²) in [6.45, 7) is 7.23. The van der Waals surface area contributed by atoms with Crippen LogP contribution in [0.15, 0.2) is 24.3 Å². The van der Waals surface area contributed by atoms with E-state index in [-0.39, 0.29) is 18.9 Å². The van der Waals surface area contributed by atoms with E-state index in [0.717, 1.165) is 0 Å². The van der Waals surface area contributed by atoms with Crippen molar-refractivity contribution < 1.29 is 18.6 Å². The highest BCUT2D eigenvalue weighted by molar-refractivity contribution is 5.31. The number of halogens is 2. The summed E-state index contributed by atoms with van der Waals surface area (Å²) >= 11 is 0. The van der Waals surface area contributed by atoms with E-state index < -0.39 is 17.9 Å². The molecule has 114 valence electrons. The van der Waals surface area contributed by atoms with Crippen LogP contribution in [0.5, 0.6) is 5.75 Å². The highest BCUT2D eigenvalue weighted by atomic mass is 19.3. The molecule has 1 rings (SSSR count). The van der Waals surface area contributed by atoms with Gasteiger partial charge in [0.2, 0.25) is 6.43 Å². The maximum atomic E-state index is 13.1. The van der Waals surface area contributed by atoms with Gasteiger partial charge in [0.25, 0.3) is 0 Å². The minimum absolute atomic E-state index is 0.0513. The quantitative estimate of drug-likeness (QED) is 0.807. The van der Waals surface area contributed by atoms with Crippen LogP contribution in [0, 0.1) is 5.92 Å². The van der Waals surface area contributed by atoms with Crippen molar-refractivity contribution >= 4 is 0 Å². The summed E-state index contributed by atoms with van der Waals surface area (Å²) in [5.74, 6) is -0.392. The Morgan fingerprint density at radius 2 is 1.70 bits per heavy atom. The Balaban J connectivity index is 3.05. The molecule has 1 aromatic carbocycles. The molecule has 2 nitrogen and oxygen atoms in total. The molecule has 1 aromatic rings. The summed E-state index contributed by atoms with van der Waals surface area (Å²) in [4.78, 5) is 0. The van der Waals surface area contributed by atoms with Gasteiger partial charge in [-0.3, -0.25) is 0 Å². The largest absolute Gasteiger partial charge is 0.491 e. The van der Waals surface area contributed by atoms with Gasteiger partial charge in [0, 0.05) is 0 Å². The first-order chi connectivity index (χ1) is 9.35. The lowest BCUT2D eigenvalue weighted by atomic mass is 9.78. The zero-order valence-electron chi connectivity index (χ0n) is 12.6. The van der Waals surface area contributed by atoms with E-state index >= 15 is 0 Å². The number of ether oxygens (including phenoxy) is 1. The van der Waals surface area contributed by atoms with E-state index in [0.29, 0.717) is 11.3 Å². The number of benzene rings is 1. The van der Waals surface area contributed by atoms with Crippen LogP contribution in [0.1, 0.15) is 46.1 Å². The smallest absolute Gasteiger partial charge is 0.244 e. The molecule has 0 radical (unpaired) electrons. The van der Waals surface area contributed by atoms with Gasteiger partial charge < -0.3 is 9.84 Å². The molecular formula is C16H24F2O2. The summed E-state index contributed by atoms with van der Waals surface area (Å²) in [5.41, 5.74) is -0.984. The second-order valence-corrected chi connectivity index (χ2v) is 5.32. The van der Waals surface area contributed by atoms with Gasteiger partial charge in [0.1, 0.15) is 5.75 Å². The van der Waals surface area contributed by atoms with Gasteiger partial charge in [0.15, 0.2) is 0 Å². The molecule has 0 fully saturated rings. The van der Waals surface area contributed by atoms with Gasteiger partial charge >= 0.3 is 0 Å². The predicted molar refractivity (Wildman–Crippen MR) is 76.2 cm³/mol. The van der Waals surface area contributed by atoms with E-state index in [2.05, 4.69) is 0 Å². The predicted octanol–water partition coefficient (Wildman–Crippen LogP) is 4.36. The minimum atomic E-state index is -2.54. The molecule has 20 heavy (non-hydrogen) atoms. The Kier molecular flexibility index (Phi) is 5.93. The van der Waals surface area contributed by atoms with Gasteiger partial charge in [-0.2, -0.15) is 0 Å². The van der Waals surface area contributed by atoms with Crippen molar-refractivity contribution in [2.75, 3.05) is 0 Å². The van der Waals surface area contributed by atoms with Crippen LogP contribution in [0.4, 0.5) is 8.78 Å². The second-order valence-electron chi connectivity index (χ2n) is 5.32. The second kappa shape index (κ2) is 7.02. The summed E-state index contributed by atoms with van der Waals surface area (Å²) < 4.78 is 31.8. The van der Waals surface area contributed by atoms with Gasteiger partial charge in [-0.25, -0.2) is 8.78 Å². The fourth-order valence-corrected chi connectivity index (χ4v) is 2.50. The fraction of sp³-hybridized carbons (Fsp3) is 0.625. The lowest BCUT2D eigenvalue weighted by Gasteiger charge is -2.35. The molecule has 0 aliphatic heterocycles. The average molecular weight is 286 g/mol. The van der Waals surface area contributed by atoms with E-state index in [1.54, 1.807) is 38.1 Å². The fourth-order valence-electron chi connectivity index (χ4n) is 2.50. The van der Waals surface area contributed by atoms with Gasteiger partial charge in [-0.15, -0.1) is 0 Å². The number of rotatable bonds is 7. The van der Waals surface area contributed by atoms with Crippen molar-refractivity contribution in [3.8, 4) is 5.75 Å². The van der Waals surface area contributed by atoms with Crippen LogP contribution < -0.4 is 4.74 Å². The molecule has 0 spiro atoms. The molecule has 4 heteroatoms. The first-order valence-corrected chi connectivity index (χ1v) is 7.12. The summed E-state index contributed by atoms with van der Waals surface area (Å²) in [7, 11) is 0. The van der Waals surface area contributed by atoms with Crippen LogP contribution in [0.25, 0.3) is 0 Å². The maximum absolute atomic E-state index is 13.1.